The molecule has 0 saturated heterocycles. The van der Waals surface area contributed by atoms with E-state index in [0.29, 0.717) is 0 Å². The molecule has 6 aromatic rings. The van der Waals surface area contributed by atoms with Gasteiger partial charge >= 0.3 is 0 Å². The van der Waals surface area contributed by atoms with Crippen LogP contribution < -0.4 is 0 Å². The van der Waals surface area contributed by atoms with Crippen molar-refractivity contribution >= 4 is 0 Å². The van der Waals surface area contributed by atoms with E-state index < -0.39 is 0 Å². The zero-order valence-corrected chi connectivity index (χ0v) is 23.2. The third-order valence-corrected chi connectivity index (χ3v) is 7.56. The predicted octanol–water partition coefficient (Wildman–Crippen LogP) is 9.58. The third-order valence-electron chi connectivity index (χ3n) is 7.56. The summed E-state index contributed by atoms with van der Waals surface area (Å²) < 4.78 is 0. The molecule has 1 atom stereocenters. The predicted molar refractivity (Wildman–Crippen MR) is 166 cm³/mol. The highest BCUT2D eigenvalue weighted by atomic mass is 14.7. The van der Waals surface area contributed by atoms with Gasteiger partial charge in [-0.3, -0.25) is 9.97 Å². The molecule has 2 aromatic heterocycles. The quantitative estimate of drug-likeness (QED) is 0.206. The Labute approximate surface area is 237 Å². The lowest BCUT2D eigenvalue weighted by molar-refractivity contribution is 0.946. The third kappa shape index (κ3) is 5.21. The first kappa shape index (κ1) is 25.5. The van der Waals surface area contributed by atoms with E-state index in [9.17, 15) is 0 Å². The van der Waals surface area contributed by atoms with Crippen LogP contribution in [0.25, 0.3) is 33.6 Å². The van der Waals surface area contributed by atoms with Crippen LogP contribution in [0.2, 0.25) is 0 Å². The van der Waals surface area contributed by atoms with Gasteiger partial charge in [-0.2, -0.15) is 0 Å². The van der Waals surface area contributed by atoms with Gasteiger partial charge in [0.15, 0.2) is 0 Å². The second kappa shape index (κ2) is 11.1. The molecule has 2 heterocycles. The maximum Gasteiger partial charge on any atom is 0.0702 e. The first-order valence-electron chi connectivity index (χ1n) is 13.8. The van der Waals surface area contributed by atoms with Crippen molar-refractivity contribution in [3.8, 4) is 33.6 Å². The highest BCUT2D eigenvalue weighted by Gasteiger charge is 2.23. The fourth-order valence-electron chi connectivity index (χ4n) is 5.88. The van der Waals surface area contributed by atoms with Gasteiger partial charge in [-0.05, 0) is 102 Å². The van der Waals surface area contributed by atoms with Crippen molar-refractivity contribution in [1.82, 2.24) is 9.97 Å². The largest absolute Gasteiger partial charge is 0.256 e. The standard InChI is InChI=1S/C38H32N2/c1-26-20-27(2)37(28(3)21-26)38(31-15-11-14-30(22-31)35-16-7-9-18-39-35)34-24-32(29-12-5-4-6-13-29)23-33(25-34)36-17-8-10-19-40-36/h4-25,38H,1-3H3. The molecule has 0 bridgehead atoms. The molecular formula is C38H32N2. The van der Waals surface area contributed by atoms with Gasteiger partial charge in [-0.1, -0.05) is 84.4 Å². The van der Waals surface area contributed by atoms with E-state index >= 15 is 0 Å². The number of nitrogens with zero attached hydrogens (tertiary/aromatic N) is 2. The number of hydrogen-bond donors (Lipinski definition) is 0. The Hall–Kier alpha value is -4.82. The summed E-state index contributed by atoms with van der Waals surface area (Å²) in [6.07, 6.45) is 3.72. The number of benzene rings is 4. The van der Waals surface area contributed by atoms with E-state index in [1.165, 1.54) is 44.5 Å². The number of aryl methyl sites for hydroxylation is 3. The molecule has 2 heteroatoms. The van der Waals surface area contributed by atoms with Crippen LogP contribution in [-0.2, 0) is 0 Å². The van der Waals surface area contributed by atoms with Crippen molar-refractivity contribution in [3.05, 3.63) is 167 Å². The highest BCUT2D eigenvalue weighted by molar-refractivity contribution is 5.74. The maximum absolute atomic E-state index is 4.72. The van der Waals surface area contributed by atoms with E-state index in [1.807, 2.05) is 30.6 Å². The zero-order chi connectivity index (χ0) is 27.5. The van der Waals surface area contributed by atoms with E-state index in [-0.39, 0.29) is 5.92 Å². The van der Waals surface area contributed by atoms with Crippen molar-refractivity contribution in [2.24, 2.45) is 0 Å². The van der Waals surface area contributed by atoms with Gasteiger partial charge in [0.1, 0.15) is 0 Å². The van der Waals surface area contributed by atoms with Crippen molar-refractivity contribution in [1.29, 1.82) is 0 Å². The summed E-state index contributed by atoms with van der Waals surface area (Å²) in [4.78, 5) is 9.36. The Morgan fingerprint density at radius 3 is 1.68 bits per heavy atom. The van der Waals surface area contributed by atoms with Crippen molar-refractivity contribution < 1.29 is 0 Å². The molecule has 0 spiro atoms. The Balaban J connectivity index is 1.62. The van der Waals surface area contributed by atoms with Crippen molar-refractivity contribution in [2.45, 2.75) is 26.7 Å². The molecule has 0 N–H and O–H groups in total. The maximum atomic E-state index is 4.72. The molecule has 4 aromatic carbocycles. The van der Waals surface area contributed by atoms with E-state index in [0.717, 1.165) is 22.5 Å². The molecule has 194 valence electrons. The van der Waals surface area contributed by atoms with Crippen LogP contribution in [0.3, 0.4) is 0 Å². The van der Waals surface area contributed by atoms with Gasteiger partial charge in [-0.25, -0.2) is 0 Å². The summed E-state index contributed by atoms with van der Waals surface area (Å²) in [6.45, 7) is 6.66. The molecule has 0 amide bonds. The summed E-state index contributed by atoms with van der Waals surface area (Å²) in [5.41, 5.74) is 14.3. The van der Waals surface area contributed by atoms with Crippen LogP contribution in [0, 0.1) is 20.8 Å². The zero-order valence-electron chi connectivity index (χ0n) is 23.2. The van der Waals surface area contributed by atoms with Gasteiger partial charge in [0, 0.05) is 29.4 Å². The molecule has 0 radical (unpaired) electrons. The van der Waals surface area contributed by atoms with Gasteiger partial charge in [0.05, 0.1) is 11.4 Å². The summed E-state index contributed by atoms with van der Waals surface area (Å²) >= 11 is 0. The fourth-order valence-corrected chi connectivity index (χ4v) is 5.88. The topological polar surface area (TPSA) is 25.8 Å². The summed E-state index contributed by atoms with van der Waals surface area (Å²) in [5.74, 6) is 0.0374. The van der Waals surface area contributed by atoms with E-state index in [1.54, 1.807) is 0 Å². The van der Waals surface area contributed by atoms with Gasteiger partial charge < -0.3 is 0 Å². The average molecular weight is 517 g/mol. The van der Waals surface area contributed by atoms with Gasteiger partial charge in [0.25, 0.3) is 0 Å². The number of aromatic nitrogens is 2. The SMILES string of the molecule is Cc1cc(C)c(C(c2cccc(-c3ccccn3)c2)c2cc(-c3ccccc3)cc(-c3ccccn3)c2)c(C)c1. The molecule has 2 nitrogen and oxygen atoms in total. The molecule has 0 saturated carbocycles. The minimum absolute atomic E-state index is 0.0374. The van der Waals surface area contributed by atoms with Crippen LogP contribution in [0.5, 0.6) is 0 Å². The Morgan fingerprint density at radius 2 is 1.02 bits per heavy atom. The van der Waals surface area contributed by atoms with Crippen LogP contribution in [-0.4, -0.2) is 9.97 Å². The Bertz CT molecular complexity index is 1680. The smallest absolute Gasteiger partial charge is 0.0702 e. The lowest BCUT2D eigenvalue weighted by Crippen LogP contribution is -2.09. The van der Waals surface area contributed by atoms with E-state index in [4.69, 9.17) is 4.98 Å². The number of pyridine rings is 2. The molecule has 0 aliphatic heterocycles. The Morgan fingerprint density at radius 1 is 0.450 bits per heavy atom. The summed E-state index contributed by atoms with van der Waals surface area (Å²) in [5, 5.41) is 0. The van der Waals surface area contributed by atoms with Gasteiger partial charge in [0.2, 0.25) is 0 Å². The molecule has 0 fully saturated rings. The minimum Gasteiger partial charge on any atom is -0.256 e. The van der Waals surface area contributed by atoms with Crippen LogP contribution in [0.1, 0.15) is 39.3 Å². The summed E-state index contributed by atoms with van der Waals surface area (Å²) in [6, 6.07) is 43.3. The molecule has 40 heavy (non-hydrogen) atoms. The highest BCUT2D eigenvalue weighted by Crippen LogP contribution is 2.40. The summed E-state index contributed by atoms with van der Waals surface area (Å²) in [7, 11) is 0. The van der Waals surface area contributed by atoms with Crippen LogP contribution in [0.4, 0.5) is 0 Å². The monoisotopic (exact) mass is 516 g/mol. The number of rotatable bonds is 6. The lowest BCUT2D eigenvalue weighted by Gasteiger charge is -2.25. The van der Waals surface area contributed by atoms with Gasteiger partial charge in [-0.15, -0.1) is 0 Å². The molecule has 0 aliphatic carbocycles. The molecule has 0 aliphatic rings. The molecular weight excluding hydrogens is 484 g/mol. The second-order valence-corrected chi connectivity index (χ2v) is 10.5. The van der Waals surface area contributed by atoms with Crippen molar-refractivity contribution in [2.75, 3.05) is 0 Å². The molecule has 6 rings (SSSR count). The van der Waals surface area contributed by atoms with Crippen LogP contribution >= 0.6 is 0 Å². The van der Waals surface area contributed by atoms with Crippen molar-refractivity contribution in [3.63, 3.8) is 0 Å². The molecule has 1 unspecified atom stereocenters. The Kier molecular flexibility index (Phi) is 7.08. The number of hydrogen-bond acceptors (Lipinski definition) is 2. The van der Waals surface area contributed by atoms with Crippen LogP contribution in [0.15, 0.2) is 134 Å². The fraction of sp³-hybridized carbons (Fsp3) is 0.105. The first-order chi connectivity index (χ1) is 19.6. The normalized spacial score (nSPS) is 11.8. The second-order valence-electron chi connectivity index (χ2n) is 10.5. The minimum atomic E-state index is 0.0374. The van der Waals surface area contributed by atoms with E-state index in [2.05, 4.69) is 129 Å². The lowest BCUT2D eigenvalue weighted by atomic mass is 9.78. The average Bonchev–Trinajstić information content (AvgIpc) is 3.00. The first-order valence-corrected chi connectivity index (χ1v) is 13.8.